The number of rotatable bonds is 3. The third kappa shape index (κ3) is 2.22. The normalized spacial score (nSPS) is 20.7. The van der Waals surface area contributed by atoms with E-state index in [0.29, 0.717) is 12.1 Å². The Bertz CT molecular complexity index is 375. The van der Waals surface area contributed by atoms with Crippen LogP contribution >= 0.6 is 0 Å². The molecule has 78 valence electrons. The molecule has 1 aromatic rings. The van der Waals surface area contributed by atoms with Crippen LogP contribution < -0.4 is 5.32 Å². The lowest BCUT2D eigenvalue weighted by Gasteiger charge is -2.18. The summed E-state index contributed by atoms with van der Waals surface area (Å²) in [6.07, 6.45) is 8.51. The molecule has 0 bridgehead atoms. The first-order chi connectivity index (χ1) is 7.31. The Morgan fingerprint density at radius 1 is 1.53 bits per heavy atom. The van der Waals surface area contributed by atoms with E-state index < -0.39 is 0 Å². The molecule has 2 atom stereocenters. The van der Waals surface area contributed by atoms with Crippen molar-refractivity contribution in [2.45, 2.75) is 38.3 Å². The SMILES string of the molecule is C#CCC(C)NC1CCc2ccccc21. The molecule has 1 aromatic carbocycles. The Morgan fingerprint density at radius 2 is 2.33 bits per heavy atom. The van der Waals surface area contributed by atoms with Crippen molar-refractivity contribution in [3.63, 3.8) is 0 Å². The number of benzene rings is 1. The minimum absolute atomic E-state index is 0.408. The lowest BCUT2D eigenvalue weighted by atomic mass is 10.1. The molecular weight excluding hydrogens is 182 g/mol. The molecule has 0 saturated heterocycles. The summed E-state index contributed by atoms with van der Waals surface area (Å²) in [5, 5.41) is 3.59. The Hall–Kier alpha value is -1.26. The van der Waals surface area contributed by atoms with Crippen LogP contribution in [0, 0.1) is 12.3 Å². The Labute approximate surface area is 91.9 Å². The van der Waals surface area contributed by atoms with E-state index in [1.165, 1.54) is 24.0 Å². The Balaban J connectivity index is 2.05. The summed E-state index contributed by atoms with van der Waals surface area (Å²) >= 11 is 0. The van der Waals surface area contributed by atoms with E-state index in [9.17, 15) is 0 Å². The van der Waals surface area contributed by atoms with Crippen LogP contribution in [0.1, 0.15) is 36.9 Å². The van der Waals surface area contributed by atoms with Gasteiger partial charge >= 0.3 is 0 Å². The summed E-state index contributed by atoms with van der Waals surface area (Å²) in [5.74, 6) is 2.70. The van der Waals surface area contributed by atoms with Gasteiger partial charge in [0.1, 0.15) is 0 Å². The van der Waals surface area contributed by atoms with Gasteiger partial charge < -0.3 is 5.32 Å². The topological polar surface area (TPSA) is 12.0 Å². The molecular formula is C14H17N. The van der Waals surface area contributed by atoms with Gasteiger partial charge in [0.05, 0.1) is 0 Å². The van der Waals surface area contributed by atoms with Gasteiger partial charge in [0, 0.05) is 18.5 Å². The van der Waals surface area contributed by atoms with Gasteiger partial charge in [-0.15, -0.1) is 12.3 Å². The molecule has 0 aromatic heterocycles. The Morgan fingerprint density at radius 3 is 3.13 bits per heavy atom. The van der Waals surface area contributed by atoms with Gasteiger partial charge in [0.25, 0.3) is 0 Å². The van der Waals surface area contributed by atoms with Crippen molar-refractivity contribution in [2.75, 3.05) is 0 Å². The number of aryl methyl sites for hydroxylation is 1. The lowest BCUT2D eigenvalue weighted by molar-refractivity contribution is 0.459. The van der Waals surface area contributed by atoms with Crippen molar-refractivity contribution in [1.29, 1.82) is 0 Å². The van der Waals surface area contributed by atoms with E-state index in [4.69, 9.17) is 6.42 Å². The van der Waals surface area contributed by atoms with Gasteiger partial charge in [-0.3, -0.25) is 0 Å². The molecule has 0 saturated carbocycles. The second-order valence-corrected chi connectivity index (χ2v) is 4.27. The second kappa shape index (κ2) is 4.51. The summed E-state index contributed by atoms with van der Waals surface area (Å²) in [6, 6.07) is 9.60. The van der Waals surface area contributed by atoms with Crippen molar-refractivity contribution in [3.8, 4) is 12.3 Å². The molecule has 0 amide bonds. The molecule has 0 spiro atoms. The molecule has 0 aliphatic heterocycles. The highest BCUT2D eigenvalue weighted by Crippen LogP contribution is 2.31. The van der Waals surface area contributed by atoms with Crippen molar-refractivity contribution in [3.05, 3.63) is 35.4 Å². The monoisotopic (exact) mass is 199 g/mol. The molecule has 15 heavy (non-hydrogen) atoms. The minimum atomic E-state index is 0.408. The molecule has 2 unspecified atom stereocenters. The largest absolute Gasteiger partial charge is 0.306 e. The fourth-order valence-electron chi connectivity index (χ4n) is 2.31. The van der Waals surface area contributed by atoms with E-state index in [0.717, 1.165) is 6.42 Å². The zero-order valence-corrected chi connectivity index (χ0v) is 9.16. The highest BCUT2D eigenvalue weighted by atomic mass is 14.9. The predicted octanol–water partition coefficient (Wildman–Crippen LogP) is 2.68. The van der Waals surface area contributed by atoms with Crippen LogP contribution in [0.4, 0.5) is 0 Å². The number of fused-ring (bicyclic) bond motifs is 1. The highest BCUT2D eigenvalue weighted by molar-refractivity contribution is 5.34. The number of terminal acetylenes is 1. The van der Waals surface area contributed by atoms with Crippen LogP contribution in [0.15, 0.2) is 24.3 Å². The maximum Gasteiger partial charge on any atom is 0.0328 e. The first-order valence-electron chi connectivity index (χ1n) is 5.58. The van der Waals surface area contributed by atoms with Gasteiger partial charge in [0.15, 0.2) is 0 Å². The van der Waals surface area contributed by atoms with E-state index >= 15 is 0 Å². The average Bonchev–Trinajstić information content (AvgIpc) is 2.62. The van der Waals surface area contributed by atoms with Crippen molar-refractivity contribution < 1.29 is 0 Å². The van der Waals surface area contributed by atoms with Crippen molar-refractivity contribution >= 4 is 0 Å². The summed E-state index contributed by atoms with van der Waals surface area (Å²) in [5.41, 5.74) is 2.95. The fourth-order valence-corrected chi connectivity index (χ4v) is 2.31. The van der Waals surface area contributed by atoms with Crippen molar-refractivity contribution in [2.24, 2.45) is 0 Å². The quantitative estimate of drug-likeness (QED) is 0.738. The van der Waals surface area contributed by atoms with Crippen LogP contribution in [0.25, 0.3) is 0 Å². The molecule has 1 heteroatoms. The maximum atomic E-state index is 5.31. The minimum Gasteiger partial charge on any atom is -0.306 e. The Kier molecular flexibility index (Phi) is 3.08. The first kappa shape index (κ1) is 10.3. The van der Waals surface area contributed by atoms with Gasteiger partial charge in [-0.25, -0.2) is 0 Å². The summed E-state index contributed by atoms with van der Waals surface area (Å²) in [4.78, 5) is 0. The van der Waals surface area contributed by atoms with Crippen LogP contribution in [0.5, 0.6) is 0 Å². The summed E-state index contributed by atoms with van der Waals surface area (Å²) in [6.45, 7) is 2.15. The summed E-state index contributed by atoms with van der Waals surface area (Å²) in [7, 11) is 0. The molecule has 1 nitrogen and oxygen atoms in total. The van der Waals surface area contributed by atoms with Gasteiger partial charge in [-0.1, -0.05) is 24.3 Å². The zero-order chi connectivity index (χ0) is 10.7. The van der Waals surface area contributed by atoms with Gasteiger partial charge in [-0.05, 0) is 30.9 Å². The molecule has 0 heterocycles. The van der Waals surface area contributed by atoms with E-state index in [1.54, 1.807) is 0 Å². The van der Waals surface area contributed by atoms with Gasteiger partial charge in [0.2, 0.25) is 0 Å². The van der Waals surface area contributed by atoms with Gasteiger partial charge in [-0.2, -0.15) is 0 Å². The van der Waals surface area contributed by atoms with E-state index in [2.05, 4.69) is 42.4 Å². The smallest absolute Gasteiger partial charge is 0.0328 e. The van der Waals surface area contributed by atoms with Crippen LogP contribution in [-0.4, -0.2) is 6.04 Å². The van der Waals surface area contributed by atoms with E-state index in [1.807, 2.05) is 0 Å². The third-order valence-corrected chi connectivity index (χ3v) is 3.04. The fraction of sp³-hybridized carbons (Fsp3) is 0.429. The zero-order valence-electron chi connectivity index (χ0n) is 9.16. The van der Waals surface area contributed by atoms with Crippen molar-refractivity contribution in [1.82, 2.24) is 5.32 Å². The third-order valence-electron chi connectivity index (χ3n) is 3.04. The number of hydrogen-bond acceptors (Lipinski definition) is 1. The maximum absolute atomic E-state index is 5.31. The second-order valence-electron chi connectivity index (χ2n) is 4.27. The number of hydrogen-bond donors (Lipinski definition) is 1. The predicted molar refractivity (Wildman–Crippen MR) is 63.6 cm³/mol. The van der Waals surface area contributed by atoms with Crippen LogP contribution in [-0.2, 0) is 6.42 Å². The molecule has 2 rings (SSSR count). The molecule has 1 aliphatic carbocycles. The summed E-state index contributed by atoms with van der Waals surface area (Å²) < 4.78 is 0. The molecule has 0 fully saturated rings. The molecule has 1 aliphatic rings. The molecule has 1 N–H and O–H groups in total. The standard InChI is InChI=1S/C14H17N/c1-3-6-11(2)15-14-10-9-12-7-4-5-8-13(12)14/h1,4-5,7-8,11,14-15H,6,9-10H2,2H3. The highest BCUT2D eigenvalue weighted by Gasteiger charge is 2.22. The number of nitrogens with one attached hydrogen (secondary N) is 1. The van der Waals surface area contributed by atoms with Crippen LogP contribution in [0.2, 0.25) is 0 Å². The van der Waals surface area contributed by atoms with E-state index in [-0.39, 0.29) is 0 Å². The van der Waals surface area contributed by atoms with Crippen LogP contribution in [0.3, 0.4) is 0 Å². The average molecular weight is 199 g/mol. The lowest BCUT2D eigenvalue weighted by Crippen LogP contribution is -2.28. The molecule has 0 radical (unpaired) electrons. The first-order valence-corrected chi connectivity index (χ1v) is 5.58.